The number of nitrogens with one attached hydrogen (secondary N) is 2. The molecule has 1 amide bonds. The van der Waals surface area contributed by atoms with Crippen molar-refractivity contribution in [1.29, 1.82) is 0 Å². The third-order valence-corrected chi connectivity index (χ3v) is 5.20. The lowest BCUT2D eigenvalue weighted by atomic mass is 9.96. The molecule has 1 aliphatic rings. The molecule has 2 aromatic rings. The van der Waals surface area contributed by atoms with E-state index >= 15 is 0 Å². The molecule has 6 nitrogen and oxygen atoms in total. The molecule has 162 valence electrons. The second-order valence-electron chi connectivity index (χ2n) is 7.52. The van der Waals surface area contributed by atoms with Gasteiger partial charge in [0, 0.05) is 19.6 Å². The first-order valence-electron chi connectivity index (χ1n) is 10.1. The predicted molar refractivity (Wildman–Crippen MR) is 131 cm³/mol. The van der Waals surface area contributed by atoms with Crippen LogP contribution in [-0.4, -0.2) is 48.1 Å². The van der Waals surface area contributed by atoms with Crippen molar-refractivity contribution in [2.75, 3.05) is 26.2 Å². The van der Waals surface area contributed by atoms with Crippen LogP contribution < -0.4 is 10.6 Å². The molecule has 1 aliphatic heterocycles. The minimum atomic E-state index is -1.04. The normalized spacial score (nSPS) is 15.4. The number of carbonyl (C=O) groups is 1. The first-order chi connectivity index (χ1) is 14.0. The monoisotopic (exact) mass is 522 g/mol. The Hall–Kier alpha value is -2.13. The van der Waals surface area contributed by atoms with Crippen LogP contribution in [0.3, 0.4) is 0 Å². The number of guanidine groups is 1. The molecule has 1 atom stereocenters. The number of rotatable bonds is 6. The summed E-state index contributed by atoms with van der Waals surface area (Å²) in [6.45, 7) is 6.12. The molecule has 0 saturated heterocycles. The first-order valence-corrected chi connectivity index (χ1v) is 10.1. The fraction of sp³-hybridized carbons (Fsp3) is 0.391. The molecule has 0 saturated carbocycles. The maximum absolute atomic E-state index is 12.7. The van der Waals surface area contributed by atoms with Crippen LogP contribution in [0, 0.1) is 0 Å². The van der Waals surface area contributed by atoms with Crippen molar-refractivity contribution in [3.8, 4) is 0 Å². The summed E-state index contributed by atoms with van der Waals surface area (Å²) < 4.78 is 0. The molecule has 2 aromatic carbocycles. The van der Waals surface area contributed by atoms with Gasteiger partial charge in [-0.3, -0.25) is 4.79 Å². The second-order valence-corrected chi connectivity index (χ2v) is 7.52. The molecule has 1 heterocycles. The maximum atomic E-state index is 12.7. The summed E-state index contributed by atoms with van der Waals surface area (Å²) in [5, 5.41) is 17.0. The lowest BCUT2D eigenvalue weighted by Gasteiger charge is -2.28. The van der Waals surface area contributed by atoms with E-state index in [0.717, 1.165) is 18.5 Å². The summed E-state index contributed by atoms with van der Waals surface area (Å²) >= 11 is 0. The number of benzene rings is 2. The zero-order valence-electron chi connectivity index (χ0n) is 17.6. The lowest BCUT2D eigenvalue weighted by Crippen LogP contribution is -2.45. The quantitative estimate of drug-likeness (QED) is 0.310. The van der Waals surface area contributed by atoms with Crippen molar-refractivity contribution >= 4 is 35.8 Å². The molecule has 30 heavy (non-hydrogen) atoms. The van der Waals surface area contributed by atoms with Gasteiger partial charge in [0.1, 0.15) is 12.1 Å². The van der Waals surface area contributed by atoms with Gasteiger partial charge in [0.2, 0.25) is 5.91 Å². The van der Waals surface area contributed by atoms with Gasteiger partial charge in [0.05, 0.1) is 6.54 Å². The Morgan fingerprint density at radius 2 is 1.77 bits per heavy atom. The SMILES string of the molecule is CCNC(=NCC(=O)N1CCc2ccccc2C1)NCC(C)(O)c1ccccc1.I. The van der Waals surface area contributed by atoms with Crippen molar-refractivity contribution in [2.45, 2.75) is 32.4 Å². The summed E-state index contributed by atoms with van der Waals surface area (Å²) in [5.74, 6) is 0.529. The van der Waals surface area contributed by atoms with Crippen LogP contribution >= 0.6 is 24.0 Å². The van der Waals surface area contributed by atoms with Crippen LogP contribution in [0.5, 0.6) is 0 Å². The third kappa shape index (κ3) is 6.43. The minimum absolute atomic E-state index is 0. The Bertz CT molecular complexity index is 855. The number of nitrogens with zero attached hydrogens (tertiary/aromatic N) is 2. The number of carbonyl (C=O) groups excluding carboxylic acids is 1. The molecule has 0 fully saturated rings. The van der Waals surface area contributed by atoms with Gasteiger partial charge in [0.25, 0.3) is 0 Å². The van der Waals surface area contributed by atoms with E-state index in [1.165, 1.54) is 11.1 Å². The van der Waals surface area contributed by atoms with Crippen LogP contribution in [-0.2, 0) is 23.4 Å². The topological polar surface area (TPSA) is 77.0 Å². The number of amides is 1. The van der Waals surface area contributed by atoms with E-state index < -0.39 is 5.60 Å². The highest BCUT2D eigenvalue weighted by molar-refractivity contribution is 14.0. The van der Waals surface area contributed by atoms with Crippen LogP contribution in [0.1, 0.15) is 30.5 Å². The van der Waals surface area contributed by atoms with Gasteiger partial charge < -0.3 is 20.6 Å². The van der Waals surface area contributed by atoms with Gasteiger partial charge in [-0.25, -0.2) is 4.99 Å². The van der Waals surface area contributed by atoms with Crippen molar-refractivity contribution in [3.05, 3.63) is 71.3 Å². The molecule has 7 heteroatoms. The Labute approximate surface area is 195 Å². The van der Waals surface area contributed by atoms with Crippen LogP contribution in [0.2, 0.25) is 0 Å². The molecular weight excluding hydrogens is 491 g/mol. The molecule has 0 aromatic heterocycles. The van der Waals surface area contributed by atoms with E-state index in [2.05, 4.69) is 27.8 Å². The van der Waals surface area contributed by atoms with Gasteiger partial charge in [-0.1, -0.05) is 54.6 Å². The summed E-state index contributed by atoms with van der Waals surface area (Å²) in [5.41, 5.74) is 2.31. The molecule has 3 N–H and O–H groups in total. The average Bonchev–Trinajstić information content (AvgIpc) is 2.75. The second kappa shape index (κ2) is 11.3. The van der Waals surface area contributed by atoms with E-state index in [-0.39, 0.29) is 43.0 Å². The highest BCUT2D eigenvalue weighted by Crippen LogP contribution is 2.19. The van der Waals surface area contributed by atoms with Gasteiger partial charge in [-0.2, -0.15) is 0 Å². The van der Waals surface area contributed by atoms with Crippen LogP contribution in [0.15, 0.2) is 59.6 Å². The van der Waals surface area contributed by atoms with Gasteiger partial charge in [-0.15, -0.1) is 24.0 Å². The molecule has 3 rings (SSSR count). The van der Waals surface area contributed by atoms with Crippen molar-refractivity contribution in [1.82, 2.24) is 15.5 Å². The van der Waals surface area contributed by atoms with Crippen LogP contribution in [0.4, 0.5) is 0 Å². The number of aliphatic imine (C=N–C) groups is 1. The standard InChI is InChI=1S/C23H30N4O2.HI/c1-3-24-22(26-17-23(2,29)20-11-5-4-6-12-20)25-15-21(28)27-14-13-18-9-7-8-10-19(18)16-27;/h4-12,29H,3,13-17H2,1-2H3,(H2,24,25,26);1H. The van der Waals surface area contributed by atoms with Crippen molar-refractivity contribution < 1.29 is 9.90 Å². The molecule has 0 radical (unpaired) electrons. The highest BCUT2D eigenvalue weighted by Gasteiger charge is 2.23. The van der Waals surface area contributed by atoms with Gasteiger partial charge in [-0.05, 0) is 37.0 Å². The Kier molecular flexibility index (Phi) is 9.10. The predicted octanol–water partition coefficient (Wildman–Crippen LogP) is 2.65. The molecule has 1 unspecified atom stereocenters. The largest absolute Gasteiger partial charge is 0.384 e. The molecular formula is C23H31IN4O2. The van der Waals surface area contributed by atoms with Gasteiger partial charge in [0.15, 0.2) is 5.96 Å². The molecule has 0 aliphatic carbocycles. The first kappa shape index (κ1) is 24.1. The summed E-state index contributed by atoms with van der Waals surface area (Å²) in [6, 6.07) is 17.8. The Balaban J connectivity index is 0.00000320. The molecule has 0 bridgehead atoms. The maximum Gasteiger partial charge on any atom is 0.244 e. The van der Waals surface area contributed by atoms with E-state index in [4.69, 9.17) is 0 Å². The highest BCUT2D eigenvalue weighted by atomic mass is 127. The minimum Gasteiger partial charge on any atom is -0.384 e. The van der Waals surface area contributed by atoms with Crippen molar-refractivity contribution in [2.24, 2.45) is 4.99 Å². The molecule has 0 spiro atoms. The zero-order chi connectivity index (χ0) is 20.7. The fourth-order valence-electron chi connectivity index (χ4n) is 3.45. The number of hydrogen-bond donors (Lipinski definition) is 3. The number of hydrogen-bond acceptors (Lipinski definition) is 3. The smallest absolute Gasteiger partial charge is 0.244 e. The summed E-state index contributed by atoms with van der Waals surface area (Å²) in [6.07, 6.45) is 0.879. The Morgan fingerprint density at radius 3 is 2.47 bits per heavy atom. The van der Waals surface area contributed by atoms with E-state index in [1.54, 1.807) is 6.92 Å². The van der Waals surface area contributed by atoms with Gasteiger partial charge >= 0.3 is 0 Å². The van der Waals surface area contributed by atoms with Crippen molar-refractivity contribution in [3.63, 3.8) is 0 Å². The lowest BCUT2D eigenvalue weighted by molar-refractivity contribution is -0.130. The fourth-order valence-corrected chi connectivity index (χ4v) is 3.45. The number of aliphatic hydroxyl groups is 1. The zero-order valence-corrected chi connectivity index (χ0v) is 19.9. The number of halogens is 1. The van der Waals surface area contributed by atoms with E-state index in [0.29, 0.717) is 19.0 Å². The number of fused-ring (bicyclic) bond motifs is 1. The average molecular weight is 522 g/mol. The van der Waals surface area contributed by atoms with E-state index in [9.17, 15) is 9.90 Å². The third-order valence-electron chi connectivity index (χ3n) is 5.20. The van der Waals surface area contributed by atoms with E-state index in [1.807, 2.05) is 54.3 Å². The Morgan fingerprint density at radius 1 is 1.10 bits per heavy atom. The summed E-state index contributed by atoms with van der Waals surface area (Å²) in [7, 11) is 0. The van der Waals surface area contributed by atoms with Crippen LogP contribution in [0.25, 0.3) is 0 Å². The summed E-state index contributed by atoms with van der Waals surface area (Å²) in [4.78, 5) is 18.9.